The zero-order valence-corrected chi connectivity index (χ0v) is 11.2. The smallest absolute Gasteiger partial charge is 0.0971 e. The quantitative estimate of drug-likeness (QED) is 0.877. The summed E-state index contributed by atoms with van der Waals surface area (Å²) < 4.78 is 0. The third kappa shape index (κ3) is 3.65. The van der Waals surface area contributed by atoms with Crippen LogP contribution in [0, 0.1) is 6.92 Å². The Morgan fingerprint density at radius 1 is 1.24 bits per heavy atom. The maximum atomic E-state index is 4.48. The summed E-state index contributed by atoms with van der Waals surface area (Å²) in [6, 6.07) is 8.68. The molecule has 1 aromatic heterocycles. The Bertz CT molecular complexity index is 459. The van der Waals surface area contributed by atoms with Crippen LogP contribution in [0.25, 0.3) is 0 Å². The lowest BCUT2D eigenvalue weighted by molar-refractivity contribution is 0.798. The lowest BCUT2D eigenvalue weighted by Crippen LogP contribution is -2.09. The molecule has 0 radical (unpaired) electrons. The fourth-order valence-corrected chi connectivity index (χ4v) is 2.63. The van der Waals surface area contributed by atoms with Crippen LogP contribution in [0.2, 0.25) is 0 Å². The Morgan fingerprint density at radius 3 is 2.71 bits per heavy atom. The number of rotatable bonds is 5. The SMILES string of the molecule is CNCCc1cnc(Cc2ccc(C)cc2)s1. The molecule has 0 amide bonds. The predicted molar refractivity (Wildman–Crippen MR) is 73.7 cm³/mol. The van der Waals surface area contributed by atoms with Gasteiger partial charge in [-0.3, -0.25) is 0 Å². The highest BCUT2D eigenvalue weighted by Crippen LogP contribution is 2.17. The Labute approximate surface area is 107 Å². The van der Waals surface area contributed by atoms with Crippen LogP contribution in [0.3, 0.4) is 0 Å². The molecule has 1 heterocycles. The van der Waals surface area contributed by atoms with Crippen molar-refractivity contribution in [1.82, 2.24) is 10.3 Å². The molecule has 0 fully saturated rings. The van der Waals surface area contributed by atoms with Crippen molar-refractivity contribution >= 4 is 11.3 Å². The second kappa shape index (κ2) is 5.94. The van der Waals surface area contributed by atoms with Gasteiger partial charge in [0.1, 0.15) is 0 Å². The number of nitrogens with zero attached hydrogens (tertiary/aromatic N) is 1. The molecule has 0 spiro atoms. The molecular weight excluding hydrogens is 228 g/mol. The van der Waals surface area contributed by atoms with Gasteiger partial charge in [0.05, 0.1) is 5.01 Å². The van der Waals surface area contributed by atoms with Crippen LogP contribution in [0.1, 0.15) is 21.0 Å². The van der Waals surface area contributed by atoms with Crippen LogP contribution in [0.4, 0.5) is 0 Å². The first-order chi connectivity index (χ1) is 8.28. The molecule has 1 aromatic carbocycles. The molecule has 1 N–H and O–H groups in total. The van der Waals surface area contributed by atoms with Crippen molar-refractivity contribution in [2.45, 2.75) is 19.8 Å². The Hall–Kier alpha value is -1.19. The van der Waals surface area contributed by atoms with E-state index in [1.54, 1.807) is 0 Å². The van der Waals surface area contributed by atoms with Crippen LogP contribution in [0.15, 0.2) is 30.5 Å². The van der Waals surface area contributed by atoms with E-state index in [0.717, 1.165) is 19.4 Å². The van der Waals surface area contributed by atoms with Crippen molar-refractivity contribution in [2.24, 2.45) is 0 Å². The highest BCUT2D eigenvalue weighted by molar-refractivity contribution is 7.11. The van der Waals surface area contributed by atoms with Crippen LogP contribution >= 0.6 is 11.3 Å². The summed E-state index contributed by atoms with van der Waals surface area (Å²) in [6.07, 6.45) is 4.03. The summed E-state index contributed by atoms with van der Waals surface area (Å²) in [5.41, 5.74) is 2.65. The first-order valence-electron chi connectivity index (χ1n) is 5.91. The molecule has 17 heavy (non-hydrogen) atoms. The van der Waals surface area contributed by atoms with Crippen molar-refractivity contribution in [1.29, 1.82) is 0 Å². The lowest BCUT2D eigenvalue weighted by atomic mass is 10.1. The number of aryl methyl sites for hydroxylation is 1. The van der Waals surface area contributed by atoms with Crippen LogP contribution < -0.4 is 5.32 Å². The third-order valence-corrected chi connectivity index (χ3v) is 3.76. The average Bonchev–Trinajstić information content (AvgIpc) is 2.77. The zero-order valence-electron chi connectivity index (χ0n) is 10.4. The molecule has 3 heteroatoms. The second-order valence-corrected chi connectivity index (χ2v) is 5.44. The van der Waals surface area contributed by atoms with Gasteiger partial charge in [0.2, 0.25) is 0 Å². The monoisotopic (exact) mass is 246 g/mol. The Morgan fingerprint density at radius 2 is 2.00 bits per heavy atom. The highest BCUT2D eigenvalue weighted by atomic mass is 32.1. The summed E-state index contributed by atoms with van der Waals surface area (Å²) in [4.78, 5) is 5.84. The van der Waals surface area contributed by atoms with Gasteiger partial charge in [-0.1, -0.05) is 29.8 Å². The number of aromatic nitrogens is 1. The van der Waals surface area contributed by atoms with Gasteiger partial charge >= 0.3 is 0 Å². The van der Waals surface area contributed by atoms with Gasteiger partial charge in [-0.15, -0.1) is 11.3 Å². The minimum absolute atomic E-state index is 0.949. The molecule has 0 aliphatic heterocycles. The first kappa shape index (κ1) is 12.3. The molecule has 90 valence electrons. The fraction of sp³-hybridized carbons (Fsp3) is 0.357. The van der Waals surface area contributed by atoms with Gasteiger partial charge in [0.25, 0.3) is 0 Å². The number of benzene rings is 1. The number of thiazole rings is 1. The van der Waals surface area contributed by atoms with E-state index in [2.05, 4.69) is 41.5 Å². The molecule has 0 saturated heterocycles. The minimum Gasteiger partial charge on any atom is -0.319 e. The largest absolute Gasteiger partial charge is 0.319 e. The average molecular weight is 246 g/mol. The fourth-order valence-electron chi connectivity index (χ4n) is 1.67. The van der Waals surface area contributed by atoms with E-state index in [9.17, 15) is 0 Å². The predicted octanol–water partition coefficient (Wildman–Crippen LogP) is 2.80. The summed E-state index contributed by atoms with van der Waals surface area (Å²) in [6.45, 7) is 3.13. The molecule has 2 aromatic rings. The van der Waals surface area contributed by atoms with Crippen LogP contribution in [0.5, 0.6) is 0 Å². The van der Waals surface area contributed by atoms with Gasteiger partial charge < -0.3 is 5.32 Å². The zero-order chi connectivity index (χ0) is 12.1. The summed E-state index contributed by atoms with van der Waals surface area (Å²) >= 11 is 1.82. The molecule has 0 bridgehead atoms. The van der Waals surface area contributed by atoms with E-state index < -0.39 is 0 Å². The summed E-state index contributed by atoms with van der Waals surface area (Å²) in [5.74, 6) is 0. The van der Waals surface area contributed by atoms with Crippen molar-refractivity contribution in [3.8, 4) is 0 Å². The van der Waals surface area contributed by atoms with Crippen LogP contribution in [-0.2, 0) is 12.8 Å². The minimum atomic E-state index is 0.949. The molecule has 0 atom stereocenters. The first-order valence-corrected chi connectivity index (χ1v) is 6.73. The Kier molecular flexibility index (Phi) is 4.29. The van der Waals surface area contributed by atoms with E-state index in [1.165, 1.54) is 21.0 Å². The maximum Gasteiger partial charge on any atom is 0.0971 e. The van der Waals surface area contributed by atoms with Gasteiger partial charge in [-0.05, 0) is 32.5 Å². The molecule has 0 unspecified atom stereocenters. The number of hydrogen-bond donors (Lipinski definition) is 1. The third-order valence-electron chi connectivity index (χ3n) is 2.70. The topological polar surface area (TPSA) is 24.9 Å². The Balaban J connectivity index is 1.98. The second-order valence-electron chi connectivity index (χ2n) is 4.24. The number of hydrogen-bond acceptors (Lipinski definition) is 3. The highest BCUT2D eigenvalue weighted by Gasteiger charge is 2.02. The van der Waals surface area contributed by atoms with Gasteiger partial charge in [0, 0.05) is 17.5 Å². The van der Waals surface area contributed by atoms with Crippen molar-refractivity contribution in [2.75, 3.05) is 13.6 Å². The number of nitrogens with one attached hydrogen (secondary N) is 1. The van der Waals surface area contributed by atoms with Crippen LogP contribution in [-0.4, -0.2) is 18.6 Å². The van der Waals surface area contributed by atoms with E-state index in [0.29, 0.717) is 0 Å². The maximum absolute atomic E-state index is 4.48. The molecule has 0 aliphatic carbocycles. The van der Waals surface area contributed by atoms with Gasteiger partial charge in [-0.25, -0.2) is 4.98 Å². The molecule has 0 aliphatic rings. The van der Waals surface area contributed by atoms with Crippen molar-refractivity contribution < 1.29 is 0 Å². The van der Waals surface area contributed by atoms with E-state index in [1.807, 2.05) is 24.6 Å². The van der Waals surface area contributed by atoms with E-state index in [-0.39, 0.29) is 0 Å². The standard InChI is InChI=1S/C14H18N2S/c1-11-3-5-12(6-4-11)9-14-16-10-13(17-14)7-8-15-2/h3-6,10,15H,7-9H2,1-2H3. The van der Waals surface area contributed by atoms with Gasteiger partial charge in [-0.2, -0.15) is 0 Å². The summed E-state index contributed by atoms with van der Waals surface area (Å²) in [5, 5.41) is 4.37. The molecule has 2 rings (SSSR count). The number of likely N-dealkylation sites (N-methyl/N-ethyl adjacent to an activating group) is 1. The van der Waals surface area contributed by atoms with Crippen molar-refractivity contribution in [3.63, 3.8) is 0 Å². The van der Waals surface area contributed by atoms with E-state index in [4.69, 9.17) is 0 Å². The molecule has 0 saturated carbocycles. The summed E-state index contributed by atoms with van der Waals surface area (Å²) in [7, 11) is 1.98. The molecule has 2 nitrogen and oxygen atoms in total. The van der Waals surface area contributed by atoms with Gasteiger partial charge in [0.15, 0.2) is 0 Å². The molecular formula is C14H18N2S. The van der Waals surface area contributed by atoms with E-state index >= 15 is 0 Å². The normalized spacial score (nSPS) is 10.7. The lowest BCUT2D eigenvalue weighted by Gasteiger charge is -1.98. The van der Waals surface area contributed by atoms with Crippen molar-refractivity contribution in [3.05, 3.63) is 51.5 Å².